The summed E-state index contributed by atoms with van der Waals surface area (Å²) in [5, 5.41) is 23.2. The van der Waals surface area contributed by atoms with Gasteiger partial charge in [-0.25, -0.2) is 0 Å². The van der Waals surface area contributed by atoms with Crippen LogP contribution in [0.3, 0.4) is 0 Å². The van der Waals surface area contributed by atoms with Crippen molar-refractivity contribution in [3.05, 3.63) is 35.5 Å². The number of aromatic amines is 1. The molecule has 2 aromatic rings. The van der Waals surface area contributed by atoms with Gasteiger partial charge >= 0.3 is 0 Å². The van der Waals surface area contributed by atoms with E-state index in [9.17, 15) is 10.2 Å². The van der Waals surface area contributed by atoms with Crippen LogP contribution in [0.2, 0.25) is 0 Å². The number of benzene rings is 1. The Morgan fingerprint density at radius 3 is 2.70 bits per heavy atom. The molecule has 4 heterocycles. The predicted octanol–water partition coefficient (Wildman–Crippen LogP) is 2.98. The molecular formula is C27H33NO5. The minimum absolute atomic E-state index is 0.0668. The smallest absolute Gasteiger partial charge is 0.155 e. The van der Waals surface area contributed by atoms with Crippen LogP contribution in [-0.2, 0) is 26.0 Å². The first kappa shape index (κ1) is 19.8. The number of epoxide rings is 2. The number of fused-ring (bicyclic) bond motifs is 6. The van der Waals surface area contributed by atoms with E-state index in [1.807, 2.05) is 0 Å². The van der Waals surface area contributed by atoms with Crippen LogP contribution in [0.5, 0.6) is 0 Å². The van der Waals surface area contributed by atoms with Crippen LogP contribution in [0.1, 0.15) is 58.2 Å². The van der Waals surface area contributed by atoms with Crippen LogP contribution >= 0.6 is 0 Å². The van der Waals surface area contributed by atoms with E-state index in [1.54, 1.807) is 13.8 Å². The molecule has 8 rings (SSSR count). The molecule has 176 valence electrons. The number of aliphatic hydroxyl groups excluding tert-OH is 1. The van der Waals surface area contributed by atoms with E-state index >= 15 is 0 Å². The van der Waals surface area contributed by atoms with Gasteiger partial charge in [0.15, 0.2) is 5.60 Å². The molecule has 2 saturated carbocycles. The molecule has 1 aromatic carbocycles. The zero-order chi connectivity index (χ0) is 22.8. The zero-order valence-corrected chi connectivity index (χ0v) is 19.7. The second kappa shape index (κ2) is 5.36. The predicted molar refractivity (Wildman–Crippen MR) is 121 cm³/mol. The number of hydrogen-bond donors (Lipinski definition) is 3. The molecule has 0 radical (unpaired) electrons. The molecule has 6 aliphatic rings. The van der Waals surface area contributed by atoms with Crippen molar-refractivity contribution in [1.29, 1.82) is 0 Å². The summed E-state index contributed by atoms with van der Waals surface area (Å²) in [7, 11) is 0. The van der Waals surface area contributed by atoms with E-state index < -0.39 is 29.0 Å². The number of aromatic nitrogens is 1. The number of hydrogen-bond acceptors (Lipinski definition) is 5. The van der Waals surface area contributed by atoms with Gasteiger partial charge in [0.2, 0.25) is 0 Å². The van der Waals surface area contributed by atoms with Crippen LogP contribution in [0.25, 0.3) is 10.9 Å². The average molecular weight is 452 g/mol. The fourth-order valence-electron chi connectivity index (χ4n) is 9.41. The second-order valence-corrected chi connectivity index (χ2v) is 12.6. The van der Waals surface area contributed by atoms with Crippen molar-refractivity contribution in [3.63, 3.8) is 0 Å². The van der Waals surface area contributed by atoms with Crippen molar-refractivity contribution in [2.75, 3.05) is 0 Å². The molecule has 10 unspecified atom stereocenters. The van der Waals surface area contributed by atoms with Gasteiger partial charge in [0.1, 0.15) is 23.9 Å². The van der Waals surface area contributed by atoms with Crippen molar-refractivity contribution in [1.82, 2.24) is 4.98 Å². The molecule has 3 N–H and O–H groups in total. The maximum absolute atomic E-state index is 11.2. The first-order chi connectivity index (χ1) is 15.6. The molecule has 6 heteroatoms. The minimum Gasteiger partial charge on any atom is -0.388 e. The van der Waals surface area contributed by atoms with Crippen molar-refractivity contribution >= 4 is 10.9 Å². The van der Waals surface area contributed by atoms with Crippen LogP contribution in [0, 0.1) is 11.3 Å². The summed E-state index contributed by atoms with van der Waals surface area (Å²) in [4.78, 5) is 3.83. The Bertz CT molecular complexity index is 1220. The number of H-pyrrole nitrogens is 1. The highest BCUT2D eigenvalue weighted by molar-refractivity contribution is 5.86. The highest BCUT2D eigenvalue weighted by Crippen LogP contribution is 2.81. The molecule has 6 nitrogen and oxygen atoms in total. The Labute approximate surface area is 193 Å². The number of nitrogens with one attached hydrogen (secondary N) is 1. The third-order valence-corrected chi connectivity index (χ3v) is 11.1. The fraction of sp³-hybridized carbons (Fsp3) is 0.704. The summed E-state index contributed by atoms with van der Waals surface area (Å²) >= 11 is 0. The average Bonchev–Trinajstić information content (AvgIpc) is 3.62. The van der Waals surface area contributed by atoms with Gasteiger partial charge in [-0.2, -0.15) is 0 Å². The van der Waals surface area contributed by atoms with Crippen LogP contribution in [0.4, 0.5) is 0 Å². The highest BCUT2D eigenvalue weighted by Gasteiger charge is 2.95. The third-order valence-electron chi connectivity index (χ3n) is 11.1. The molecule has 3 aliphatic carbocycles. The molecule has 3 saturated heterocycles. The number of ether oxygens (including phenoxy) is 3. The monoisotopic (exact) mass is 451 g/mol. The van der Waals surface area contributed by atoms with E-state index in [-0.39, 0.29) is 29.1 Å². The Morgan fingerprint density at radius 1 is 1.12 bits per heavy atom. The summed E-state index contributed by atoms with van der Waals surface area (Å²) < 4.78 is 19.7. The molecular weight excluding hydrogens is 418 g/mol. The zero-order valence-electron chi connectivity index (χ0n) is 19.7. The standard InChI is InChI=1S/C27H33NO5/c1-23(2,30)21-19(29)22-26(33-22)17(31-21)9-10-24(3)25(4)13(12-18-27(24,26)32-18)11-15-14-7-5-6-8-16(14)28-20(15)25/h5-8,13,17-19,21-22,28-30H,9-12H2,1-4H3. The quantitative estimate of drug-likeness (QED) is 0.580. The van der Waals surface area contributed by atoms with E-state index in [2.05, 4.69) is 43.1 Å². The Kier molecular flexibility index (Phi) is 3.22. The number of rotatable bonds is 1. The molecule has 3 aliphatic heterocycles. The van der Waals surface area contributed by atoms with Gasteiger partial charge in [-0.05, 0) is 57.1 Å². The molecule has 10 atom stereocenters. The Morgan fingerprint density at radius 2 is 1.91 bits per heavy atom. The summed E-state index contributed by atoms with van der Waals surface area (Å²) in [5.74, 6) is 0.526. The van der Waals surface area contributed by atoms with Crippen LogP contribution in [-0.4, -0.2) is 62.5 Å². The molecule has 0 amide bonds. The van der Waals surface area contributed by atoms with Crippen LogP contribution in [0.15, 0.2) is 24.3 Å². The lowest BCUT2D eigenvalue weighted by atomic mass is 9.42. The topological polar surface area (TPSA) is 90.5 Å². The Balaban J connectivity index is 1.28. The van der Waals surface area contributed by atoms with Gasteiger partial charge in [-0.1, -0.05) is 32.0 Å². The van der Waals surface area contributed by atoms with E-state index in [4.69, 9.17) is 14.2 Å². The molecule has 1 aromatic heterocycles. The third kappa shape index (κ3) is 1.83. The van der Waals surface area contributed by atoms with Gasteiger partial charge in [0.25, 0.3) is 0 Å². The fourth-order valence-corrected chi connectivity index (χ4v) is 9.41. The SMILES string of the molecule is CC(C)(O)C1OC2CCC3(C)C4(C)c5[nH]c6ccccc6c5CC4CC4OC43C23OC3C1O. The lowest BCUT2D eigenvalue weighted by molar-refractivity contribution is -0.224. The molecule has 5 fully saturated rings. The van der Waals surface area contributed by atoms with Crippen LogP contribution < -0.4 is 0 Å². The second-order valence-electron chi connectivity index (χ2n) is 12.6. The van der Waals surface area contributed by atoms with Gasteiger partial charge in [-0.3, -0.25) is 0 Å². The van der Waals surface area contributed by atoms with Gasteiger partial charge < -0.3 is 29.4 Å². The first-order valence-corrected chi connectivity index (χ1v) is 12.6. The van der Waals surface area contributed by atoms with Crippen molar-refractivity contribution in [3.8, 4) is 0 Å². The van der Waals surface area contributed by atoms with Gasteiger partial charge in [0, 0.05) is 27.4 Å². The largest absolute Gasteiger partial charge is 0.388 e. The Hall–Kier alpha value is -1.44. The summed E-state index contributed by atoms with van der Waals surface area (Å²) in [6.45, 7) is 8.28. The summed E-state index contributed by atoms with van der Waals surface area (Å²) in [6.07, 6.45) is 2.04. The first-order valence-electron chi connectivity index (χ1n) is 12.6. The molecule has 0 bridgehead atoms. The summed E-state index contributed by atoms with van der Waals surface area (Å²) in [5.41, 5.74) is 1.66. The number of para-hydroxylation sites is 1. The van der Waals surface area contributed by atoms with Gasteiger partial charge in [-0.15, -0.1) is 0 Å². The maximum atomic E-state index is 11.2. The van der Waals surface area contributed by atoms with Crippen molar-refractivity contribution in [2.24, 2.45) is 11.3 Å². The molecule has 33 heavy (non-hydrogen) atoms. The lowest BCUT2D eigenvalue weighted by Gasteiger charge is -2.60. The maximum Gasteiger partial charge on any atom is 0.155 e. The van der Waals surface area contributed by atoms with Crippen molar-refractivity contribution < 1.29 is 24.4 Å². The summed E-state index contributed by atoms with van der Waals surface area (Å²) in [6, 6.07) is 8.67. The normalized spacial score (nSPS) is 53.4. The van der Waals surface area contributed by atoms with E-state index in [0.29, 0.717) is 5.92 Å². The van der Waals surface area contributed by atoms with Crippen molar-refractivity contribution in [2.45, 2.75) is 106 Å². The van der Waals surface area contributed by atoms with E-state index in [1.165, 1.54) is 22.2 Å². The number of aliphatic hydroxyl groups is 2. The van der Waals surface area contributed by atoms with E-state index in [0.717, 1.165) is 25.7 Å². The lowest BCUT2D eigenvalue weighted by Crippen LogP contribution is -2.72. The molecule has 2 spiro atoms. The highest BCUT2D eigenvalue weighted by atomic mass is 16.7. The van der Waals surface area contributed by atoms with Gasteiger partial charge in [0.05, 0.1) is 17.8 Å². The minimum atomic E-state index is -1.13.